The van der Waals surface area contributed by atoms with Crippen LogP contribution in [0, 0.1) is 0 Å². The molecule has 0 saturated heterocycles. The smallest absolute Gasteiger partial charge is 0.123 e. The van der Waals surface area contributed by atoms with E-state index < -0.39 is 0 Å². The van der Waals surface area contributed by atoms with Crippen molar-refractivity contribution < 1.29 is 0 Å². The van der Waals surface area contributed by atoms with Gasteiger partial charge in [-0.1, -0.05) is 19.1 Å². The second kappa shape index (κ2) is 5.28. The molecule has 0 aliphatic carbocycles. The topological polar surface area (TPSA) is 56.5 Å². The molecule has 0 spiro atoms. The molecular weight excluding hydrogens is 236 g/mol. The highest BCUT2D eigenvalue weighted by molar-refractivity contribution is 5.79. The number of fused-ring (bicyclic) bond motifs is 1. The van der Waals surface area contributed by atoms with Gasteiger partial charge in [-0.3, -0.25) is 0 Å². The quantitative estimate of drug-likeness (QED) is 0.655. The molecule has 2 aromatic heterocycles. The molecule has 3 N–H and O–H groups in total. The fraction of sp³-hybridized carbons (Fsp3) is 0.267. The van der Waals surface area contributed by atoms with Gasteiger partial charge in [0.05, 0.1) is 6.04 Å². The number of benzene rings is 1. The van der Waals surface area contributed by atoms with Crippen molar-refractivity contribution in [2.45, 2.75) is 25.9 Å². The standard InChI is InChI=1S/C15H18N4/c1-2-13(15-17-7-8-18-15)19-10-11-3-4-12-5-6-16-14(12)9-11/h3-9,13,16,19H,2,10H2,1H3,(H,17,18). The van der Waals surface area contributed by atoms with Crippen molar-refractivity contribution in [1.29, 1.82) is 0 Å². The van der Waals surface area contributed by atoms with Crippen LogP contribution in [0.15, 0.2) is 42.9 Å². The summed E-state index contributed by atoms with van der Waals surface area (Å²) in [6.07, 6.45) is 6.65. The molecule has 1 aromatic carbocycles. The largest absolute Gasteiger partial charge is 0.361 e. The molecule has 0 saturated carbocycles. The van der Waals surface area contributed by atoms with Gasteiger partial charge < -0.3 is 15.3 Å². The maximum Gasteiger partial charge on any atom is 0.123 e. The highest BCUT2D eigenvalue weighted by atomic mass is 15.0. The van der Waals surface area contributed by atoms with E-state index in [0.717, 1.165) is 18.8 Å². The van der Waals surface area contributed by atoms with Gasteiger partial charge >= 0.3 is 0 Å². The number of rotatable bonds is 5. The SMILES string of the molecule is CCC(NCc1ccc2cc[nH]c2c1)c1ncc[nH]1. The first kappa shape index (κ1) is 12.0. The minimum absolute atomic E-state index is 0.273. The first-order valence-electron chi connectivity index (χ1n) is 6.65. The van der Waals surface area contributed by atoms with Gasteiger partial charge in [0.25, 0.3) is 0 Å². The molecule has 4 heteroatoms. The maximum absolute atomic E-state index is 4.32. The van der Waals surface area contributed by atoms with Crippen molar-refractivity contribution in [3.8, 4) is 0 Å². The summed E-state index contributed by atoms with van der Waals surface area (Å²) in [5, 5.41) is 4.79. The van der Waals surface area contributed by atoms with Crippen LogP contribution >= 0.6 is 0 Å². The zero-order valence-corrected chi connectivity index (χ0v) is 11.0. The van der Waals surface area contributed by atoms with Gasteiger partial charge in [-0.05, 0) is 29.5 Å². The summed E-state index contributed by atoms with van der Waals surface area (Å²) >= 11 is 0. The molecular formula is C15H18N4. The van der Waals surface area contributed by atoms with Crippen molar-refractivity contribution in [3.05, 3.63) is 54.2 Å². The Morgan fingerprint density at radius 1 is 1.21 bits per heavy atom. The number of hydrogen-bond donors (Lipinski definition) is 3. The fourth-order valence-corrected chi connectivity index (χ4v) is 2.35. The van der Waals surface area contributed by atoms with Crippen molar-refractivity contribution in [1.82, 2.24) is 20.3 Å². The van der Waals surface area contributed by atoms with Crippen LogP contribution in [-0.2, 0) is 6.54 Å². The molecule has 3 aromatic rings. The van der Waals surface area contributed by atoms with E-state index in [1.807, 2.05) is 12.4 Å². The third kappa shape index (κ3) is 2.53. The third-order valence-electron chi connectivity index (χ3n) is 3.43. The van der Waals surface area contributed by atoms with Crippen LogP contribution in [0.3, 0.4) is 0 Å². The van der Waals surface area contributed by atoms with Crippen LogP contribution < -0.4 is 5.32 Å². The molecule has 0 radical (unpaired) electrons. The number of nitrogens with zero attached hydrogens (tertiary/aromatic N) is 1. The Hall–Kier alpha value is -2.07. The Bertz CT molecular complexity index is 639. The van der Waals surface area contributed by atoms with Crippen LogP contribution in [-0.4, -0.2) is 15.0 Å². The van der Waals surface area contributed by atoms with Crippen molar-refractivity contribution in [2.75, 3.05) is 0 Å². The number of H-pyrrole nitrogens is 2. The van der Waals surface area contributed by atoms with E-state index in [2.05, 4.69) is 51.5 Å². The lowest BCUT2D eigenvalue weighted by Gasteiger charge is -2.14. The zero-order valence-electron chi connectivity index (χ0n) is 11.0. The molecule has 0 aliphatic heterocycles. The van der Waals surface area contributed by atoms with Crippen molar-refractivity contribution >= 4 is 10.9 Å². The van der Waals surface area contributed by atoms with Crippen LogP contribution in [0.25, 0.3) is 10.9 Å². The maximum atomic E-state index is 4.32. The molecule has 4 nitrogen and oxygen atoms in total. The number of aromatic nitrogens is 3. The first-order valence-corrected chi connectivity index (χ1v) is 6.65. The van der Waals surface area contributed by atoms with Crippen molar-refractivity contribution in [2.24, 2.45) is 0 Å². The van der Waals surface area contributed by atoms with E-state index in [9.17, 15) is 0 Å². The Labute approximate surface area is 112 Å². The molecule has 0 amide bonds. The second-order valence-corrected chi connectivity index (χ2v) is 4.72. The lowest BCUT2D eigenvalue weighted by molar-refractivity contribution is 0.498. The predicted molar refractivity (Wildman–Crippen MR) is 76.8 cm³/mol. The number of hydrogen-bond acceptors (Lipinski definition) is 2. The summed E-state index contributed by atoms with van der Waals surface area (Å²) in [5.41, 5.74) is 2.46. The molecule has 0 aliphatic rings. The number of imidazole rings is 1. The van der Waals surface area contributed by atoms with Gasteiger partial charge in [-0.15, -0.1) is 0 Å². The van der Waals surface area contributed by atoms with Gasteiger partial charge in [-0.2, -0.15) is 0 Å². The molecule has 3 rings (SSSR count). The lowest BCUT2D eigenvalue weighted by atomic mass is 10.1. The number of nitrogens with one attached hydrogen (secondary N) is 3. The summed E-state index contributed by atoms with van der Waals surface area (Å²) in [6, 6.07) is 8.87. The van der Waals surface area contributed by atoms with Gasteiger partial charge in [0, 0.05) is 30.7 Å². The van der Waals surface area contributed by atoms with Crippen LogP contribution in [0.5, 0.6) is 0 Å². The molecule has 2 heterocycles. The average molecular weight is 254 g/mol. The van der Waals surface area contributed by atoms with Gasteiger partial charge in [0.1, 0.15) is 5.82 Å². The average Bonchev–Trinajstić information content (AvgIpc) is 3.10. The molecule has 98 valence electrons. The summed E-state index contributed by atoms with van der Waals surface area (Å²) in [7, 11) is 0. The van der Waals surface area contributed by atoms with Crippen molar-refractivity contribution in [3.63, 3.8) is 0 Å². The van der Waals surface area contributed by atoms with E-state index in [1.54, 1.807) is 6.20 Å². The van der Waals surface area contributed by atoms with E-state index >= 15 is 0 Å². The van der Waals surface area contributed by atoms with Gasteiger partial charge in [0.15, 0.2) is 0 Å². The molecule has 19 heavy (non-hydrogen) atoms. The Kier molecular flexibility index (Phi) is 3.33. The summed E-state index contributed by atoms with van der Waals surface area (Å²) < 4.78 is 0. The highest BCUT2D eigenvalue weighted by Crippen LogP contribution is 2.16. The third-order valence-corrected chi connectivity index (χ3v) is 3.43. The van der Waals surface area contributed by atoms with E-state index in [0.29, 0.717) is 0 Å². The molecule has 1 atom stereocenters. The van der Waals surface area contributed by atoms with E-state index in [4.69, 9.17) is 0 Å². The summed E-state index contributed by atoms with van der Waals surface area (Å²) in [5.74, 6) is 1.00. The van der Waals surface area contributed by atoms with Crippen LogP contribution in [0.4, 0.5) is 0 Å². The second-order valence-electron chi connectivity index (χ2n) is 4.72. The predicted octanol–water partition coefficient (Wildman–Crippen LogP) is 3.13. The van der Waals surface area contributed by atoms with Gasteiger partial charge in [0.2, 0.25) is 0 Å². The Morgan fingerprint density at radius 2 is 2.16 bits per heavy atom. The van der Waals surface area contributed by atoms with E-state index in [-0.39, 0.29) is 6.04 Å². The molecule has 0 fully saturated rings. The molecule has 0 bridgehead atoms. The van der Waals surface area contributed by atoms with E-state index in [1.165, 1.54) is 16.5 Å². The fourth-order valence-electron chi connectivity index (χ4n) is 2.35. The van der Waals surface area contributed by atoms with Gasteiger partial charge in [-0.25, -0.2) is 4.98 Å². The van der Waals surface area contributed by atoms with Crippen LogP contribution in [0.1, 0.15) is 30.8 Å². The monoisotopic (exact) mass is 254 g/mol. The Morgan fingerprint density at radius 3 is 2.95 bits per heavy atom. The first-order chi connectivity index (χ1) is 9.36. The normalized spacial score (nSPS) is 12.9. The summed E-state index contributed by atoms with van der Waals surface area (Å²) in [6.45, 7) is 3.00. The number of aromatic amines is 2. The van der Waals surface area contributed by atoms with Crippen LogP contribution in [0.2, 0.25) is 0 Å². The zero-order chi connectivity index (χ0) is 13.1. The minimum atomic E-state index is 0.273. The lowest BCUT2D eigenvalue weighted by Crippen LogP contribution is -2.21. The summed E-state index contributed by atoms with van der Waals surface area (Å²) in [4.78, 5) is 10.7. The molecule has 1 unspecified atom stereocenters. The minimum Gasteiger partial charge on any atom is -0.361 e. The highest BCUT2D eigenvalue weighted by Gasteiger charge is 2.10. The Balaban J connectivity index is 1.70.